The maximum absolute atomic E-state index is 7.82. The lowest BCUT2D eigenvalue weighted by atomic mass is 9.97. The molecule has 104 valence electrons. The first-order valence-electron chi connectivity index (χ1n) is 7.04. The Morgan fingerprint density at radius 2 is 1.74 bits per heavy atom. The fourth-order valence-electron chi connectivity index (χ4n) is 2.61. The third-order valence-electron chi connectivity index (χ3n) is 3.93. The minimum atomic E-state index is 0.0226. The molecule has 1 unspecified atom stereocenters. The Bertz CT molecular complexity index is 396. The van der Waals surface area contributed by atoms with Crippen LogP contribution in [0.3, 0.4) is 0 Å². The van der Waals surface area contributed by atoms with Gasteiger partial charge in [0, 0.05) is 32.7 Å². The van der Waals surface area contributed by atoms with E-state index in [2.05, 4.69) is 28.9 Å². The zero-order valence-electron chi connectivity index (χ0n) is 11.7. The molecule has 1 heterocycles. The molecular formula is C15H24N4. The smallest absolute Gasteiger partial charge is 0.0995 e. The van der Waals surface area contributed by atoms with Crippen LogP contribution in [-0.2, 0) is 0 Å². The van der Waals surface area contributed by atoms with Crippen molar-refractivity contribution in [1.29, 1.82) is 5.41 Å². The number of rotatable bonds is 5. The van der Waals surface area contributed by atoms with Crippen LogP contribution in [-0.4, -0.2) is 54.9 Å². The van der Waals surface area contributed by atoms with Crippen LogP contribution in [0.2, 0.25) is 0 Å². The number of hydrogen-bond acceptors (Lipinski definition) is 3. The van der Waals surface area contributed by atoms with Crippen molar-refractivity contribution >= 4 is 5.84 Å². The SMILES string of the molecule is CCN1CCN(CC(C(=N)N)c2ccccc2)CC1. The summed E-state index contributed by atoms with van der Waals surface area (Å²) in [5, 5.41) is 7.82. The van der Waals surface area contributed by atoms with E-state index < -0.39 is 0 Å². The molecule has 1 fully saturated rings. The summed E-state index contributed by atoms with van der Waals surface area (Å²) in [5.41, 5.74) is 6.93. The number of piperazine rings is 1. The first-order chi connectivity index (χ1) is 9.20. The molecule has 4 heteroatoms. The van der Waals surface area contributed by atoms with E-state index in [0.717, 1.165) is 44.8 Å². The van der Waals surface area contributed by atoms with E-state index in [-0.39, 0.29) is 11.8 Å². The van der Waals surface area contributed by atoms with E-state index in [4.69, 9.17) is 11.1 Å². The van der Waals surface area contributed by atoms with Crippen LogP contribution in [0.5, 0.6) is 0 Å². The maximum Gasteiger partial charge on any atom is 0.0995 e. The van der Waals surface area contributed by atoms with Crippen molar-refractivity contribution in [3.05, 3.63) is 35.9 Å². The van der Waals surface area contributed by atoms with Crippen molar-refractivity contribution in [2.75, 3.05) is 39.3 Å². The standard InChI is InChI=1S/C15H24N4/c1-2-18-8-10-19(11-9-18)12-14(15(16)17)13-6-4-3-5-7-13/h3-7,14H,2,8-12H2,1H3,(H3,16,17). The van der Waals surface area contributed by atoms with Gasteiger partial charge in [0.05, 0.1) is 11.8 Å². The molecule has 1 aliphatic rings. The Morgan fingerprint density at radius 3 is 2.26 bits per heavy atom. The molecule has 0 bridgehead atoms. The summed E-state index contributed by atoms with van der Waals surface area (Å²) in [6, 6.07) is 10.2. The van der Waals surface area contributed by atoms with Gasteiger partial charge in [0.2, 0.25) is 0 Å². The van der Waals surface area contributed by atoms with Gasteiger partial charge < -0.3 is 10.6 Å². The lowest BCUT2D eigenvalue weighted by Gasteiger charge is -2.35. The van der Waals surface area contributed by atoms with Crippen LogP contribution in [0.1, 0.15) is 18.4 Å². The summed E-state index contributed by atoms with van der Waals surface area (Å²) < 4.78 is 0. The molecule has 0 radical (unpaired) electrons. The van der Waals surface area contributed by atoms with Gasteiger partial charge in [-0.05, 0) is 12.1 Å². The largest absolute Gasteiger partial charge is 0.387 e. The van der Waals surface area contributed by atoms with Gasteiger partial charge in [-0.25, -0.2) is 0 Å². The minimum Gasteiger partial charge on any atom is -0.387 e. The third-order valence-corrected chi connectivity index (χ3v) is 3.93. The quantitative estimate of drug-likeness (QED) is 0.620. The van der Waals surface area contributed by atoms with Gasteiger partial charge in [-0.2, -0.15) is 0 Å². The first-order valence-corrected chi connectivity index (χ1v) is 7.04. The molecule has 1 aliphatic heterocycles. The van der Waals surface area contributed by atoms with Crippen LogP contribution in [0, 0.1) is 5.41 Å². The number of likely N-dealkylation sites (N-methyl/N-ethyl adjacent to an activating group) is 1. The lowest BCUT2D eigenvalue weighted by molar-refractivity contribution is 0.136. The van der Waals surface area contributed by atoms with Crippen LogP contribution in [0.25, 0.3) is 0 Å². The molecular weight excluding hydrogens is 236 g/mol. The summed E-state index contributed by atoms with van der Waals surface area (Å²) in [7, 11) is 0. The number of amidine groups is 1. The molecule has 3 N–H and O–H groups in total. The van der Waals surface area contributed by atoms with Gasteiger partial charge in [0.25, 0.3) is 0 Å². The van der Waals surface area contributed by atoms with E-state index in [1.54, 1.807) is 0 Å². The van der Waals surface area contributed by atoms with Gasteiger partial charge in [-0.15, -0.1) is 0 Å². The predicted octanol–water partition coefficient (Wildman–Crippen LogP) is 1.34. The van der Waals surface area contributed by atoms with Crippen LogP contribution >= 0.6 is 0 Å². The van der Waals surface area contributed by atoms with Crippen molar-refractivity contribution in [3.63, 3.8) is 0 Å². The third kappa shape index (κ3) is 3.78. The Labute approximate surface area is 115 Å². The van der Waals surface area contributed by atoms with E-state index in [1.165, 1.54) is 0 Å². The molecule has 0 spiro atoms. The molecule has 0 aromatic heterocycles. The fraction of sp³-hybridized carbons (Fsp3) is 0.533. The number of hydrogen-bond donors (Lipinski definition) is 2. The van der Waals surface area contributed by atoms with E-state index >= 15 is 0 Å². The highest BCUT2D eigenvalue weighted by Gasteiger charge is 2.22. The Morgan fingerprint density at radius 1 is 1.16 bits per heavy atom. The molecule has 1 aromatic rings. The highest BCUT2D eigenvalue weighted by atomic mass is 15.3. The van der Waals surface area contributed by atoms with Crippen molar-refractivity contribution in [2.24, 2.45) is 5.73 Å². The molecule has 0 saturated carbocycles. The van der Waals surface area contributed by atoms with Gasteiger partial charge in [-0.3, -0.25) is 10.3 Å². The number of nitrogens with zero attached hydrogens (tertiary/aromatic N) is 2. The second-order valence-corrected chi connectivity index (χ2v) is 5.15. The average Bonchev–Trinajstić information content (AvgIpc) is 2.46. The van der Waals surface area contributed by atoms with Crippen LogP contribution < -0.4 is 5.73 Å². The molecule has 19 heavy (non-hydrogen) atoms. The van der Waals surface area contributed by atoms with Crippen LogP contribution in [0.4, 0.5) is 0 Å². The topological polar surface area (TPSA) is 56.4 Å². The Hall–Kier alpha value is -1.39. The normalized spacial score (nSPS) is 19.2. The number of benzene rings is 1. The summed E-state index contributed by atoms with van der Waals surface area (Å²) in [6.07, 6.45) is 0. The summed E-state index contributed by atoms with van der Waals surface area (Å²) in [4.78, 5) is 4.88. The molecule has 0 aliphatic carbocycles. The van der Waals surface area contributed by atoms with Crippen molar-refractivity contribution in [1.82, 2.24) is 9.80 Å². The molecule has 2 rings (SSSR count). The van der Waals surface area contributed by atoms with E-state index in [9.17, 15) is 0 Å². The number of nitrogens with one attached hydrogen (secondary N) is 1. The van der Waals surface area contributed by atoms with Gasteiger partial charge in [-0.1, -0.05) is 37.3 Å². The predicted molar refractivity (Wildman–Crippen MR) is 79.7 cm³/mol. The Kier molecular flexibility index (Phi) is 4.93. The lowest BCUT2D eigenvalue weighted by Crippen LogP contribution is -2.48. The highest BCUT2D eigenvalue weighted by Crippen LogP contribution is 2.17. The summed E-state index contributed by atoms with van der Waals surface area (Å²) in [5.74, 6) is 0.290. The second-order valence-electron chi connectivity index (χ2n) is 5.15. The van der Waals surface area contributed by atoms with E-state index in [1.807, 2.05) is 18.2 Å². The summed E-state index contributed by atoms with van der Waals surface area (Å²) >= 11 is 0. The van der Waals surface area contributed by atoms with Gasteiger partial charge in [0.15, 0.2) is 0 Å². The zero-order chi connectivity index (χ0) is 13.7. The molecule has 0 amide bonds. The monoisotopic (exact) mass is 260 g/mol. The zero-order valence-corrected chi connectivity index (χ0v) is 11.7. The molecule has 1 aromatic carbocycles. The van der Waals surface area contributed by atoms with Gasteiger partial charge >= 0.3 is 0 Å². The molecule has 1 atom stereocenters. The first kappa shape index (κ1) is 14.0. The number of nitrogens with two attached hydrogens (primary N) is 1. The van der Waals surface area contributed by atoms with Crippen molar-refractivity contribution < 1.29 is 0 Å². The van der Waals surface area contributed by atoms with Crippen molar-refractivity contribution in [3.8, 4) is 0 Å². The molecule has 4 nitrogen and oxygen atoms in total. The fourth-order valence-corrected chi connectivity index (χ4v) is 2.61. The molecule has 1 saturated heterocycles. The average molecular weight is 260 g/mol. The second kappa shape index (κ2) is 6.68. The van der Waals surface area contributed by atoms with Crippen molar-refractivity contribution in [2.45, 2.75) is 12.8 Å². The van der Waals surface area contributed by atoms with E-state index in [0.29, 0.717) is 0 Å². The minimum absolute atomic E-state index is 0.0226. The highest BCUT2D eigenvalue weighted by molar-refractivity contribution is 5.84. The van der Waals surface area contributed by atoms with Gasteiger partial charge in [0.1, 0.15) is 0 Å². The van der Waals surface area contributed by atoms with Crippen LogP contribution in [0.15, 0.2) is 30.3 Å². The summed E-state index contributed by atoms with van der Waals surface area (Å²) in [6.45, 7) is 8.58. The maximum atomic E-state index is 7.82. The Balaban J connectivity index is 1.97.